The Bertz CT molecular complexity index is 896. The van der Waals surface area contributed by atoms with Crippen molar-refractivity contribution in [1.82, 2.24) is 4.90 Å². The van der Waals surface area contributed by atoms with Gasteiger partial charge in [-0.15, -0.1) is 0 Å². The lowest BCUT2D eigenvalue weighted by molar-refractivity contribution is -0.137. The number of methoxy groups -OCH3 is 1. The first kappa shape index (κ1) is 22.2. The van der Waals surface area contributed by atoms with Crippen LogP contribution in [0.5, 0.6) is 11.5 Å². The van der Waals surface area contributed by atoms with E-state index >= 15 is 0 Å². The van der Waals surface area contributed by atoms with Crippen molar-refractivity contribution in [3.05, 3.63) is 35.0 Å². The molecule has 30 heavy (non-hydrogen) atoms. The molecule has 7 nitrogen and oxygen atoms in total. The van der Waals surface area contributed by atoms with Crippen LogP contribution in [0.2, 0.25) is 0 Å². The van der Waals surface area contributed by atoms with E-state index in [2.05, 4.69) is 4.99 Å². The van der Waals surface area contributed by atoms with Gasteiger partial charge in [-0.25, -0.2) is 9.79 Å². The van der Waals surface area contributed by atoms with Crippen LogP contribution in [0.1, 0.15) is 52.1 Å². The predicted molar refractivity (Wildman–Crippen MR) is 117 cm³/mol. The lowest BCUT2D eigenvalue weighted by atomic mass is 9.94. The molecule has 0 aromatic heterocycles. The number of amides is 1. The number of ether oxygens (including phenoxy) is 3. The molecule has 0 spiro atoms. The first-order valence-corrected chi connectivity index (χ1v) is 11.1. The fourth-order valence-electron chi connectivity index (χ4n) is 3.57. The van der Waals surface area contributed by atoms with E-state index < -0.39 is 12.0 Å². The average Bonchev–Trinajstić information content (AvgIpc) is 3.06. The summed E-state index contributed by atoms with van der Waals surface area (Å²) in [5.74, 6) is 0.675. The van der Waals surface area contributed by atoms with Crippen molar-refractivity contribution in [1.29, 1.82) is 0 Å². The lowest BCUT2D eigenvalue weighted by Crippen LogP contribution is -2.40. The Balaban J connectivity index is 2.12. The summed E-state index contributed by atoms with van der Waals surface area (Å²) in [6.07, 6.45) is 1.56. The second kappa shape index (κ2) is 9.55. The van der Waals surface area contributed by atoms with Gasteiger partial charge in [-0.3, -0.25) is 9.69 Å². The zero-order valence-electron chi connectivity index (χ0n) is 18.1. The van der Waals surface area contributed by atoms with Gasteiger partial charge in [0.25, 0.3) is 0 Å². The average molecular weight is 433 g/mol. The van der Waals surface area contributed by atoms with E-state index in [9.17, 15) is 9.59 Å². The van der Waals surface area contributed by atoms with Crippen LogP contribution in [0.3, 0.4) is 0 Å². The van der Waals surface area contributed by atoms with Crippen molar-refractivity contribution >= 4 is 28.8 Å². The molecule has 0 unspecified atom stereocenters. The normalized spacial score (nSPS) is 20.8. The fourth-order valence-corrected chi connectivity index (χ4v) is 4.70. The predicted octanol–water partition coefficient (Wildman–Crippen LogP) is 4.09. The van der Waals surface area contributed by atoms with Gasteiger partial charge in [-0.1, -0.05) is 31.7 Å². The molecule has 3 rings (SSSR count). The van der Waals surface area contributed by atoms with Gasteiger partial charge in [-0.05, 0) is 44.4 Å². The van der Waals surface area contributed by atoms with Crippen LogP contribution < -0.4 is 9.47 Å². The van der Waals surface area contributed by atoms with E-state index in [1.54, 1.807) is 11.8 Å². The second-order valence-corrected chi connectivity index (χ2v) is 8.17. The molecule has 162 valence electrons. The highest BCUT2D eigenvalue weighted by molar-refractivity contribution is 8.15. The van der Waals surface area contributed by atoms with Gasteiger partial charge in [0.2, 0.25) is 5.91 Å². The van der Waals surface area contributed by atoms with Gasteiger partial charge >= 0.3 is 5.97 Å². The molecule has 2 atom stereocenters. The number of benzene rings is 1. The maximum absolute atomic E-state index is 13.1. The number of carbonyl (C=O) groups is 2. The largest absolute Gasteiger partial charge is 0.490 e. The Hall–Kier alpha value is -2.48. The fraction of sp³-hybridized carbons (Fsp3) is 0.500. The van der Waals surface area contributed by atoms with Crippen molar-refractivity contribution in [3.8, 4) is 11.5 Å². The Morgan fingerprint density at radius 3 is 2.60 bits per heavy atom. The molecule has 1 aromatic carbocycles. The molecule has 0 N–H and O–H groups in total. The van der Waals surface area contributed by atoms with E-state index in [1.165, 1.54) is 18.9 Å². The SMILES string of the molecule is CCCOc1ccc([C@@H]2C(C(=O)OC)=C(C)N=C3S[C@H](CC)C(=O)N32)cc1OCC. The third-order valence-corrected chi connectivity index (χ3v) is 6.29. The lowest BCUT2D eigenvalue weighted by Gasteiger charge is -2.33. The minimum Gasteiger partial charge on any atom is -0.490 e. The molecular weight excluding hydrogens is 404 g/mol. The summed E-state index contributed by atoms with van der Waals surface area (Å²) in [6, 6.07) is 4.92. The van der Waals surface area contributed by atoms with Crippen LogP contribution in [0.25, 0.3) is 0 Å². The molecule has 1 aromatic rings. The topological polar surface area (TPSA) is 77.4 Å². The van der Waals surface area contributed by atoms with Crippen LogP contribution in [-0.4, -0.2) is 47.5 Å². The van der Waals surface area contributed by atoms with Gasteiger partial charge in [0.05, 0.1) is 42.9 Å². The number of allylic oxidation sites excluding steroid dienone is 1. The van der Waals surface area contributed by atoms with Gasteiger partial charge < -0.3 is 14.2 Å². The van der Waals surface area contributed by atoms with Gasteiger partial charge in [0.15, 0.2) is 16.7 Å². The number of carbonyl (C=O) groups excluding carboxylic acids is 2. The van der Waals surface area contributed by atoms with Crippen molar-refractivity contribution in [2.75, 3.05) is 20.3 Å². The number of rotatable bonds is 8. The summed E-state index contributed by atoms with van der Waals surface area (Å²) < 4.78 is 16.6. The zero-order chi connectivity index (χ0) is 21.8. The van der Waals surface area contributed by atoms with E-state index in [4.69, 9.17) is 14.2 Å². The van der Waals surface area contributed by atoms with E-state index in [-0.39, 0.29) is 11.2 Å². The van der Waals surface area contributed by atoms with Crippen LogP contribution in [0.15, 0.2) is 34.5 Å². The van der Waals surface area contributed by atoms with Gasteiger partial charge in [0.1, 0.15) is 0 Å². The highest BCUT2D eigenvalue weighted by atomic mass is 32.2. The number of thioether (sulfide) groups is 1. The molecule has 8 heteroatoms. The zero-order valence-corrected chi connectivity index (χ0v) is 18.9. The third kappa shape index (κ3) is 4.05. The molecule has 0 aliphatic carbocycles. The van der Waals surface area contributed by atoms with Crippen molar-refractivity contribution < 1.29 is 23.8 Å². The van der Waals surface area contributed by atoms with Crippen LogP contribution in [0, 0.1) is 0 Å². The highest BCUT2D eigenvalue weighted by Crippen LogP contribution is 2.45. The van der Waals surface area contributed by atoms with Gasteiger partial charge in [-0.2, -0.15) is 0 Å². The summed E-state index contributed by atoms with van der Waals surface area (Å²) in [7, 11) is 1.33. The van der Waals surface area contributed by atoms with Gasteiger partial charge in [0, 0.05) is 0 Å². The van der Waals surface area contributed by atoms with E-state index in [0.29, 0.717) is 47.6 Å². The number of esters is 1. The second-order valence-electron chi connectivity index (χ2n) is 7.00. The standard InChI is InChI=1S/C22H28N2O5S/c1-6-11-29-15-10-9-14(12-16(15)28-8-3)19-18(21(26)27-5)13(4)23-22-24(19)20(25)17(7-2)30-22/h9-10,12,17,19H,6-8,11H2,1-5H3/t17-,19-/m1/s1. The minimum atomic E-state index is -0.624. The summed E-state index contributed by atoms with van der Waals surface area (Å²) >= 11 is 1.44. The number of aliphatic imine (C=N–C) groups is 1. The van der Waals surface area contributed by atoms with E-state index in [1.807, 2.05) is 39.0 Å². The van der Waals surface area contributed by atoms with E-state index in [0.717, 1.165) is 12.0 Å². The molecule has 2 aliphatic heterocycles. The Morgan fingerprint density at radius 1 is 1.20 bits per heavy atom. The first-order valence-electron chi connectivity index (χ1n) is 10.2. The van der Waals surface area contributed by atoms with Crippen LogP contribution >= 0.6 is 11.8 Å². The summed E-state index contributed by atoms with van der Waals surface area (Å²) in [4.78, 5) is 32.0. The van der Waals surface area contributed by atoms with Crippen molar-refractivity contribution in [3.63, 3.8) is 0 Å². The Labute approximate surface area is 181 Å². The minimum absolute atomic E-state index is 0.0515. The smallest absolute Gasteiger partial charge is 0.338 e. The molecule has 0 saturated carbocycles. The maximum Gasteiger partial charge on any atom is 0.338 e. The monoisotopic (exact) mass is 432 g/mol. The number of hydrogen-bond donors (Lipinski definition) is 0. The molecular formula is C22H28N2O5S. The Morgan fingerprint density at radius 2 is 1.97 bits per heavy atom. The first-order chi connectivity index (χ1) is 14.5. The molecule has 2 heterocycles. The summed E-state index contributed by atoms with van der Waals surface area (Å²) in [5, 5.41) is 0.404. The van der Waals surface area contributed by atoms with Crippen LogP contribution in [0.4, 0.5) is 0 Å². The number of nitrogens with zero attached hydrogens (tertiary/aromatic N) is 2. The third-order valence-electron chi connectivity index (χ3n) is 4.97. The summed E-state index contributed by atoms with van der Waals surface area (Å²) in [5.41, 5.74) is 1.66. The number of fused-ring (bicyclic) bond motifs is 1. The van der Waals surface area contributed by atoms with Crippen molar-refractivity contribution in [2.45, 2.75) is 51.8 Å². The quantitative estimate of drug-likeness (QED) is 0.576. The molecule has 2 aliphatic rings. The van der Waals surface area contributed by atoms with Crippen molar-refractivity contribution in [2.24, 2.45) is 4.99 Å². The maximum atomic E-state index is 13.1. The van der Waals surface area contributed by atoms with Crippen LogP contribution in [-0.2, 0) is 14.3 Å². The highest BCUT2D eigenvalue weighted by Gasteiger charge is 2.47. The molecule has 0 radical (unpaired) electrons. The molecule has 1 saturated heterocycles. The number of amidine groups is 1. The molecule has 0 bridgehead atoms. The summed E-state index contributed by atoms with van der Waals surface area (Å²) in [6.45, 7) is 8.73. The Kier molecular flexibility index (Phi) is 7.07. The number of hydrogen-bond acceptors (Lipinski definition) is 7. The molecule has 1 amide bonds. The molecule has 1 fully saturated rings.